The minimum absolute atomic E-state index is 0.0581. The van der Waals surface area contributed by atoms with Crippen LogP contribution in [0.15, 0.2) is 4.79 Å². The predicted molar refractivity (Wildman–Crippen MR) is 51.4 cm³/mol. The summed E-state index contributed by atoms with van der Waals surface area (Å²) in [7, 11) is 0. The lowest BCUT2D eigenvalue weighted by Gasteiger charge is -1.93. The first-order valence-electron chi connectivity index (χ1n) is 3.68. The molecule has 4 nitrogen and oxygen atoms in total. The Balaban J connectivity index is 3.37. The number of nitrogens with one attached hydrogen (secondary N) is 1. The zero-order valence-electron chi connectivity index (χ0n) is 7.05. The van der Waals surface area contributed by atoms with Gasteiger partial charge in [-0.05, 0) is 25.6 Å². The highest BCUT2D eigenvalue weighted by Crippen LogP contribution is 1.98. The van der Waals surface area contributed by atoms with Crippen LogP contribution in [-0.2, 0) is 6.42 Å². The number of thiocarbonyl (C=S) groups is 1. The average Bonchev–Trinajstić information content (AvgIpc) is 2.27. The molecule has 0 unspecified atom stereocenters. The van der Waals surface area contributed by atoms with E-state index in [4.69, 9.17) is 5.73 Å². The van der Waals surface area contributed by atoms with Gasteiger partial charge in [-0.1, -0.05) is 6.92 Å². The smallest absolute Gasteiger partial charge is 0.276 e. The number of hydrogen-bond donors (Lipinski definition) is 2. The summed E-state index contributed by atoms with van der Waals surface area (Å²) in [6.07, 6.45) is 0.691. The standard InChI is InChI=1S/C7H11N3OS/c1-3-5-4(2)9-10(6(5)11)7(8)12/h9H,3H2,1-2H3,(H2,8,12). The number of hydrogen-bond acceptors (Lipinski definition) is 2. The van der Waals surface area contributed by atoms with Crippen LogP contribution in [0.3, 0.4) is 0 Å². The van der Waals surface area contributed by atoms with E-state index in [1.165, 1.54) is 4.68 Å². The first kappa shape index (κ1) is 8.99. The number of aryl methyl sites for hydroxylation is 1. The summed E-state index contributed by atoms with van der Waals surface area (Å²) in [5.74, 6) is 0. The molecule has 0 fully saturated rings. The topological polar surface area (TPSA) is 63.8 Å². The third-order valence-electron chi connectivity index (χ3n) is 1.77. The van der Waals surface area contributed by atoms with Crippen molar-refractivity contribution in [1.29, 1.82) is 0 Å². The highest BCUT2D eigenvalue weighted by Gasteiger charge is 2.09. The van der Waals surface area contributed by atoms with E-state index in [9.17, 15) is 4.79 Å². The van der Waals surface area contributed by atoms with Crippen LogP contribution < -0.4 is 11.3 Å². The van der Waals surface area contributed by atoms with Gasteiger partial charge in [0.2, 0.25) is 0 Å². The molecule has 0 saturated carbocycles. The van der Waals surface area contributed by atoms with Crippen molar-refractivity contribution in [2.75, 3.05) is 0 Å². The van der Waals surface area contributed by atoms with Gasteiger partial charge in [0, 0.05) is 11.3 Å². The van der Waals surface area contributed by atoms with Crippen molar-refractivity contribution in [3.05, 3.63) is 21.6 Å². The van der Waals surface area contributed by atoms with Crippen molar-refractivity contribution in [3.8, 4) is 0 Å². The van der Waals surface area contributed by atoms with Crippen molar-refractivity contribution in [2.24, 2.45) is 5.73 Å². The molecule has 0 aliphatic rings. The molecule has 1 aromatic rings. The van der Waals surface area contributed by atoms with Crippen molar-refractivity contribution in [2.45, 2.75) is 20.3 Å². The number of rotatable bonds is 1. The molecule has 0 aromatic carbocycles. The zero-order valence-corrected chi connectivity index (χ0v) is 7.86. The van der Waals surface area contributed by atoms with Gasteiger partial charge in [0.1, 0.15) is 0 Å². The molecule has 0 bridgehead atoms. The Bertz CT molecular complexity index is 363. The van der Waals surface area contributed by atoms with Gasteiger partial charge in [0.05, 0.1) is 0 Å². The summed E-state index contributed by atoms with van der Waals surface area (Å²) in [6.45, 7) is 3.75. The minimum atomic E-state index is -0.137. The van der Waals surface area contributed by atoms with Gasteiger partial charge in [-0.25, -0.2) is 0 Å². The number of aromatic nitrogens is 2. The molecule has 12 heavy (non-hydrogen) atoms. The first-order chi connectivity index (χ1) is 5.57. The normalized spacial score (nSPS) is 10.2. The molecule has 1 aromatic heterocycles. The second-order valence-electron chi connectivity index (χ2n) is 2.55. The van der Waals surface area contributed by atoms with E-state index >= 15 is 0 Å². The Morgan fingerprint density at radius 2 is 2.33 bits per heavy atom. The van der Waals surface area contributed by atoms with E-state index in [2.05, 4.69) is 17.3 Å². The second kappa shape index (κ2) is 3.10. The van der Waals surface area contributed by atoms with Gasteiger partial charge in [0.25, 0.3) is 5.56 Å². The molecule has 0 saturated heterocycles. The van der Waals surface area contributed by atoms with Gasteiger partial charge in [0.15, 0.2) is 5.11 Å². The van der Waals surface area contributed by atoms with E-state index < -0.39 is 0 Å². The van der Waals surface area contributed by atoms with Crippen molar-refractivity contribution in [3.63, 3.8) is 0 Å². The predicted octanol–water partition coefficient (Wildman–Crippen LogP) is 0.139. The number of nitrogens with two attached hydrogens (primary N) is 1. The van der Waals surface area contributed by atoms with Crippen LogP contribution in [0.4, 0.5) is 0 Å². The first-order valence-corrected chi connectivity index (χ1v) is 4.09. The van der Waals surface area contributed by atoms with E-state index in [1.54, 1.807) is 0 Å². The highest BCUT2D eigenvalue weighted by atomic mass is 32.1. The molecule has 1 rings (SSSR count). The van der Waals surface area contributed by atoms with E-state index in [0.29, 0.717) is 6.42 Å². The molecule has 0 radical (unpaired) electrons. The summed E-state index contributed by atoms with van der Waals surface area (Å²) in [5.41, 5.74) is 6.75. The van der Waals surface area contributed by atoms with Crippen LogP contribution in [0.5, 0.6) is 0 Å². The molecule has 3 N–H and O–H groups in total. The van der Waals surface area contributed by atoms with Crippen molar-refractivity contribution in [1.82, 2.24) is 9.78 Å². The van der Waals surface area contributed by atoms with Crippen LogP contribution >= 0.6 is 12.2 Å². The van der Waals surface area contributed by atoms with E-state index in [-0.39, 0.29) is 10.7 Å². The van der Waals surface area contributed by atoms with Gasteiger partial charge >= 0.3 is 0 Å². The fourth-order valence-corrected chi connectivity index (χ4v) is 1.28. The van der Waals surface area contributed by atoms with Crippen LogP contribution in [0.1, 0.15) is 18.2 Å². The Hall–Kier alpha value is -1.10. The van der Waals surface area contributed by atoms with Crippen molar-refractivity contribution >= 4 is 17.3 Å². The summed E-state index contributed by atoms with van der Waals surface area (Å²) in [4.78, 5) is 11.4. The number of nitrogens with zero attached hydrogens (tertiary/aromatic N) is 1. The maximum Gasteiger partial charge on any atom is 0.276 e. The molecule has 0 atom stereocenters. The van der Waals surface area contributed by atoms with E-state index in [1.807, 2.05) is 13.8 Å². The lowest BCUT2D eigenvalue weighted by molar-refractivity contribution is 0.888. The Morgan fingerprint density at radius 3 is 2.58 bits per heavy atom. The van der Waals surface area contributed by atoms with Crippen LogP contribution in [-0.4, -0.2) is 14.9 Å². The van der Waals surface area contributed by atoms with Gasteiger partial charge < -0.3 is 5.73 Å². The molecule has 0 aliphatic carbocycles. The maximum atomic E-state index is 11.4. The Morgan fingerprint density at radius 1 is 1.75 bits per heavy atom. The SMILES string of the molecule is CCc1c(C)[nH]n(C(N)=S)c1=O. The molecule has 5 heteroatoms. The fourth-order valence-electron chi connectivity index (χ4n) is 1.15. The molecule has 0 aliphatic heterocycles. The quantitative estimate of drug-likeness (QED) is 0.612. The molecule has 66 valence electrons. The lowest BCUT2D eigenvalue weighted by Crippen LogP contribution is -2.30. The summed E-state index contributed by atoms with van der Waals surface area (Å²) >= 11 is 4.68. The Kier molecular flexibility index (Phi) is 2.32. The minimum Gasteiger partial charge on any atom is -0.374 e. The van der Waals surface area contributed by atoms with Crippen LogP contribution in [0.2, 0.25) is 0 Å². The monoisotopic (exact) mass is 185 g/mol. The molecule has 0 amide bonds. The molecule has 0 spiro atoms. The number of aromatic amines is 1. The molecular formula is C7H11N3OS. The van der Waals surface area contributed by atoms with E-state index in [0.717, 1.165) is 11.3 Å². The third-order valence-corrected chi connectivity index (χ3v) is 1.95. The largest absolute Gasteiger partial charge is 0.374 e. The van der Waals surface area contributed by atoms with Gasteiger partial charge in [-0.2, -0.15) is 4.68 Å². The third kappa shape index (κ3) is 1.27. The van der Waals surface area contributed by atoms with Crippen molar-refractivity contribution < 1.29 is 0 Å². The fraction of sp³-hybridized carbons (Fsp3) is 0.429. The van der Waals surface area contributed by atoms with Crippen LogP contribution in [0, 0.1) is 6.92 Å². The summed E-state index contributed by atoms with van der Waals surface area (Å²) in [5, 5.41) is 2.86. The van der Waals surface area contributed by atoms with Crippen LogP contribution in [0.25, 0.3) is 0 Å². The van der Waals surface area contributed by atoms with Gasteiger partial charge in [-0.3, -0.25) is 9.89 Å². The second-order valence-corrected chi connectivity index (χ2v) is 2.97. The lowest BCUT2D eigenvalue weighted by atomic mass is 10.2. The molecular weight excluding hydrogens is 174 g/mol. The average molecular weight is 185 g/mol. The summed E-state index contributed by atoms with van der Waals surface area (Å²) in [6, 6.07) is 0. The zero-order chi connectivity index (χ0) is 9.30. The summed E-state index contributed by atoms with van der Waals surface area (Å²) < 4.78 is 1.18. The molecule has 1 heterocycles. The Labute approximate surface area is 75.4 Å². The highest BCUT2D eigenvalue weighted by molar-refractivity contribution is 7.80. The van der Waals surface area contributed by atoms with Gasteiger partial charge in [-0.15, -0.1) is 0 Å². The maximum absolute atomic E-state index is 11.4. The number of H-pyrrole nitrogens is 1.